The second kappa shape index (κ2) is 21.4. The molecule has 392 valence electrons. The number of likely N-dealkylation sites (tertiary alicyclic amines) is 2. The summed E-state index contributed by atoms with van der Waals surface area (Å²) in [6, 6.07) is 22.0. The number of hydrogen-bond acceptors (Lipinski definition) is 15. The maximum atomic E-state index is 14.4. The van der Waals surface area contributed by atoms with E-state index in [2.05, 4.69) is 35.5 Å². The van der Waals surface area contributed by atoms with Gasteiger partial charge >= 0.3 is 0 Å². The molecule has 1 saturated carbocycles. The van der Waals surface area contributed by atoms with Crippen LogP contribution in [0.15, 0.2) is 95.8 Å². The van der Waals surface area contributed by atoms with Crippen LogP contribution in [0.4, 0.5) is 21.8 Å². The highest BCUT2D eigenvalue weighted by molar-refractivity contribution is 6.32. The lowest BCUT2D eigenvalue weighted by Gasteiger charge is -2.42. The number of hydroxylamine groups is 1. The van der Waals surface area contributed by atoms with Crippen LogP contribution in [0.25, 0.3) is 22.4 Å². The van der Waals surface area contributed by atoms with Crippen molar-refractivity contribution in [2.24, 2.45) is 5.92 Å². The van der Waals surface area contributed by atoms with Crippen LogP contribution in [0, 0.1) is 11.7 Å². The molecule has 5 N–H and O–H groups in total. The van der Waals surface area contributed by atoms with Crippen LogP contribution in [0.5, 0.6) is 11.5 Å². The molecule has 11 rings (SSSR count). The number of carbonyl (C=O) groups is 2. The number of nitrogens with one attached hydrogen (secondary N) is 1. The molecule has 6 aromatic rings. The van der Waals surface area contributed by atoms with Gasteiger partial charge < -0.3 is 44.9 Å². The van der Waals surface area contributed by atoms with E-state index in [0.717, 1.165) is 89.2 Å². The molecule has 2 amide bonds. The van der Waals surface area contributed by atoms with Crippen LogP contribution in [-0.4, -0.2) is 120 Å². The fourth-order valence-corrected chi connectivity index (χ4v) is 12.7. The van der Waals surface area contributed by atoms with Gasteiger partial charge in [-0.15, -0.1) is 10.2 Å². The van der Waals surface area contributed by atoms with Gasteiger partial charge in [-0.25, -0.2) is 14.4 Å². The fourth-order valence-electron chi connectivity index (χ4n) is 12.4. The van der Waals surface area contributed by atoms with Crippen molar-refractivity contribution in [3.63, 3.8) is 0 Å². The third kappa shape index (κ3) is 10.2. The number of aromatic nitrogens is 5. The summed E-state index contributed by atoms with van der Waals surface area (Å²) in [5, 5.41) is 34.6. The molecule has 4 aliphatic heterocycles. The minimum atomic E-state index is -0.998. The van der Waals surface area contributed by atoms with E-state index in [0.29, 0.717) is 56.6 Å². The van der Waals surface area contributed by atoms with Gasteiger partial charge in [0, 0.05) is 73.6 Å². The average Bonchev–Trinajstić information content (AvgIpc) is 4.10. The molecule has 1 aliphatic carbocycles. The molecule has 5 fully saturated rings. The number of amides is 2. The quantitative estimate of drug-likeness (QED) is 0.0802. The Hall–Kier alpha value is -6.89. The summed E-state index contributed by atoms with van der Waals surface area (Å²) in [5.74, 6) is -0.0381. The highest BCUT2D eigenvalue weighted by Gasteiger charge is 2.46. The number of nitrogen functional groups attached to an aromatic ring is 1. The van der Waals surface area contributed by atoms with Gasteiger partial charge in [0.15, 0.2) is 17.3 Å². The smallest absolute Gasteiger partial charge is 0.275 e. The van der Waals surface area contributed by atoms with Crippen molar-refractivity contribution in [1.82, 2.24) is 40.6 Å². The number of halogens is 2. The number of aliphatic hydroxyl groups excluding tert-OH is 1. The molecule has 75 heavy (non-hydrogen) atoms. The van der Waals surface area contributed by atoms with Crippen LogP contribution in [0.2, 0.25) is 5.02 Å². The number of phenolic OH excluding ortho intramolecular Hbond substituents is 1. The number of carbonyl (C=O) groups excluding carboxylic acids is 2. The van der Waals surface area contributed by atoms with E-state index >= 15 is 0 Å². The van der Waals surface area contributed by atoms with Crippen molar-refractivity contribution in [2.45, 2.75) is 120 Å². The third-order valence-electron chi connectivity index (χ3n) is 16.4. The van der Waals surface area contributed by atoms with Crippen LogP contribution >= 0.6 is 11.6 Å². The molecular formula is C56H63ClFN11O6. The minimum Gasteiger partial charge on any atom is -0.507 e. The number of para-hydroxylation sites is 1. The van der Waals surface area contributed by atoms with Crippen molar-refractivity contribution in [1.29, 1.82) is 0 Å². The van der Waals surface area contributed by atoms with Gasteiger partial charge in [0.05, 0.1) is 17.5 Å². The van der Waals surface area contributed by atoms with Crippen molar-refractivity contribution in [3.05, 3.63) is 119 Å². The lowest BCUT2D eigenvalue weighted by molar-refractivity contribution is -0.143. The summed E-state index contributed by atoms with van der Waals surface area (Å²) in [6.07, 6.45) is 11.1. The number of hydrogen-bond donors (Lipinski definition) is 4. The number of benzene rings is 3. The number of piperidine rings is 1. The second-order valence-electron chi connectivity index (χ2n) is 21.3. The standard InChI is InChI=1S/C56H63ClFN11O6/c1-32(2)49(55(73)68-31-40(70)25-47(68)54(72)65-74-41-19-13-34(14-20-41)42-7-3-5-9-44(42)58)52-50(57)51(64-75-52)35-11-15-37(16-12-35)66-23-21-33(22-24-66)36-27-60-56(61-28-36)69-38-17-18-39(69)30-67(29-38)46-26-45(62-63-53(46)59)43-8-4-6-10-48(43)71/h3-10,13-14,19-20,26-28,32-33,35,37-40,47,49,70-71H,11-12,15-18,21-25,29-31H2,1-2H3,(H2,59,63)(H,65,72)/t35-,37-,38?,39?,40-,47+,49-/m1/s1. The van der Waals surface area contributed by atoms with E-state index in [4.69, 9.17) is 36.7 Å². The first-order valence-corrected chi connectivity index (χ1v) is 26.7. The fraction of sp³-hybridized carbons (Fsp3) is 0.446. The Morgan fingerprint density at radius 3 is 2.19 bits per heavy atom. The summed E-state index contributed by atoms with van der Waals surface area (Å²) in [7, 11) is 0. The van der Waals surface area contributed by atoms with Crippen LogP contribution in [-0.2, 0) is 9.59 Å². The zero-order valence-corrected chi connectivity index (χ0v) is 42.9. The van der Waals surface area contributed by atoms with Gasteiger partial charge in [-0.2, -0.15) is 5.48 Å². The van der Waals surface area contributed by atoms with E-state index in [1.807, 2.05) is 44.4 Å². The molecule has 19 heteroatoms. The lowest BCUT2D eigenvalue weighted by Crippen LogP contribution is -2.54. The van der Waals surface area contributed by atoms with E-state index in [1.54, 1.807) is 54.6 Å². The Morgan fingerprint density at radius 2 is 1.51 bits per heavy atom. The maximum Gasteiger partial charge on any atom is 0.275 e. The Morgan fingerprint density at radius 1 is 0.840 bits per heavy atom. The van der Waals surface area contributed by atoms with Crippen LogP contribution < -0.4 is 25.9 Å². The van der Waals surface area contributed by atoms with Gasteiger partial charge in [-0.1, -0.05) is 73.1 Å². The van der Waals surface area contributed by atoms with Gasteiger partial charge in [0.2, 0.25) is 11.9 Å². The average molecular weight is 1040 g/mol. The molecule has 0 spiro atoms. The number of phenols is 1. The van der Waals surface area contributed by atoms with Crippen molar-refractivity contribution >= 4 is 40.9 Å². The zero-order valence-electron chi connectivity index (χ0n) is 42.1. The number of fused-ring (bicyclic) bond motifs is 2. The van der Waals surface area contributed by atoms with Crippen molar-refractivity contribution in [3.8, 4) is 33.9 Å². The molecule has 2 bridgehead atoms. The van der Waals surface area contributed by atoms with Crippen molar-refractivity contribution < 1.29 is 33.6 Å². The Kier molecular flexibility index (Phi) is 14.3. The highest BCUT2D eigenvalue weighted by atomic mass is 35.5. The Balaban J connectivity index is 0.661. The monoisotopic (exact) mass is 1040 g/mol. The van der Waals surface area contributed by atoms with E-state index < -0.39 is 24.0 Å². The summed E-state index contributed by atoms with van der Waals surface area (Å²) in [5.41, 5.74) is 13.8. The number of nitrogens with zero attached hydrogens (tertiary/aromatic N) is 9. The van der Waals surface area contributed by atoms with Crippen molar-refractivity contribution in [2.75, 3.05) is 48.3 Å². The highest BCUT2D eigenvalue weighted by Crippen LogP contribution is 2.44. The summed E-state index contributed by atoms with van der Waals surface area (Å²) in [4.78, 5) is 52.1. The first-order chi connectivity index (χ1) is 36.4. The molecule has 3 aromatic heterocycles. The van der Waals surface area contributed by atoms with Crippen LogP contribution in [0.3, 0.4) is 0 Å². The summed E-state index contributed by atoms with van der Waals surface area (Å²) < 4.78 is 20.3. The normalized spacial score (nSPS) is 23.7. The predicted molar refractivity (Wildman–Crippen MR) is 281 cm³/mol. The molecule has 3 aromatic carbocycles. The SMILES string of the molecule is CC(C)[C@@H](C(=O)N1C[C@H](O)C[C@H]1C(=O)NOc1ccc(-c2ccccc2F)cc1)c1onc([C@H]2CC[C@H](N3CCC(c4cnc(N5C6CCC5CN(c5cc(-c7ccccc7O)nnc5N)C6)nc4)CC3)CC2)c1Cl. The number of anilines is 3. The largest absolute Gasteiger partial charge is 0.507 e. The minimum absolute atomic E-state index is 0.0335. The number of aliphatic hydroxyl groups is 1. The summed E-state index contributed by atoms with van der Waals surface area (Å²) in [6.45, 7) is 7.28. The first-order valence-electron chi connectivity index (χ1n) is 26.3. The molecule has 2 unspecified atom stereocenters. The predicted octanol–water partition coefficient (Wildman–Crippen LogP) is 8.24. The molecule has 5 atom stereocenters. The molecular weight excluding hydrogens is 977 g/mol. The van der Waals surface area contributed by atoms with Gasteiger partial charge in [0.25, 0.3) is 5.91 Å². The van der Waals surface area contributed by atoms with E-state index in [-0.39, 0.29) is 60.1 Å². The van der Waals surface area contributed by atoms with E-state index in [1.165, 1.54) is 16.5 Å². The first kappa shape index (κ1) is 50.3. The lowest BCUT2D eigenvalue weighted by atomic mass is 9.81. The maximum absolute atomic E-state index is 14.4. The second-order valence-corrected chi connectivity index (χ2v) is 21.7. The number of β-amino-alcohol motifs (C(OH)–C–C–N with tert-alkyl or cyclic N) is 1. The molecule has 4 saturated heterocycles. The molecule has 0 radical (unpaired) electrons. The van der Waals surface area contributed by atoms with Gasteiger partial charge in [-0.3, -0.25) is 9.59 Å². The number of rotatable bonds is 13. The Labute approximate surface area is 440 Å². The van der Waals surface area contributed by atoms with Gasteiger partial charge in [0.1, 0.15) is 34.2 Å². The molecule has 7 heterocycles. The number of piperazine rings is 1. The topological polar surface area (TPSA) is 212 Å². The third-order valence-corrected chi connectivity index (χ3v) is 16.7. The Bertz CT molecular complexity index is 2990. The zero-order chi connectivity index (χ0) is 51.9. The number of aromatic hydroxyl groups is 1. The molecule has 17 nitrogen and oxygen atoms in total. The molecule has 5 aliphatic rings. The van der Waals surface area contributed by atoms with Gasteiger partial charge in [-0.05, 0) is 124 Å². The van der Waals surface area contributed by atoms with E-state index in [9.17, 15) is 24.2 Å². The number of nitrogens with two attached hydrogens (primary N) is 1. The summed E-state index contributed by atoms with van der Waals surface area (Å²) >= 11 is 7.11. The van der Waals surface area contributed by atoms with Crippen LogP contribution in [0.1, 0.15) is 106 Å².